The summed E-state index contributed by atoms with van der Waals surface area (Å²) in [5, 5.41) is 6.29. The van der Waals surface area contributed by atoms with Crippen LogP contribution in [0.15, 0.2) is 24.3 Å². The van der Waals surface area contributed by atoms with Crippen molar-refractivity contribution in [3.8, 4) is 0 Å². The third-order valence-electron chi connectivity index (χ3n) is 5.60. The second-order valence-corrected chi connectivity index (χ2v) is 7.66. The van der Waals surface area contributed by atoms with E-state index < -0.39 is 0 Å². The van der Waals surface area contributed by atoms with Crippen LogP contribution in [0.5, 0.6) is 0 Å². The summed E-state index contributed by atoms with van der Waals surface area (Å²) in [5.41, 5.74) is -0.362. The predicted octanol–water partition coefficient (Wildman–Crippen LogP) is 2.48. The molecule has 3 rings (SSSR count). The Hall–Kier alpha value is -1.62. The Morgan fingerprint density at radius 3 is 2.12 bits per heavy atom. The van der Waals surface area contributed by atoms with Gasteiger partial charge in [-0.2, -0.15) is 0 Å². The van der Waals surface area contributed by atoms with Crippen molar-refractivity contribution in [1.82, 2.24) is 10.6 Å². The number of ether oxygens (including phenoxy) is 1. The third-order valence-corrected chi connectivity index (χ3v) is 5.60. The SMILES string of the molecule is O=C(C[C@@H]1C=CCC1)NCC1(NC(=O)C[C@@H]2C=CCC2)CCOCC1. The fourth-order valence-corrected chi connectivity index (χ4v) is 4.00. The van der Waals surface area contributed by atoms with Gasteiger partial charge < -0.3 is 15.4 Å². The van der Waals surface area contributed by atoms with E-state index in [1.807, 2.05) is 0 Å². The topological polar surface area (TPSA) is 67.4 Å². The van der Waals surface area contributed by atoms with E-state index in [2.05, 4.69) is 34.9 Å². The number of hydrogen-bond acceptors (Lipinski definition) is 3. The molecule has 0 aromatic rings. The highest BCUT2D eigenvalue weighted by atomic mass is 16.5. The van der Waals surface area contributed by atoms with Gasteiger partial charge in [0.05, 0.1) is 5.54 Å². The van der Waals surface area contributed by atoms with Crippen molar-refractivity contribution < 1.29 is 14.3 Å². The number of allylic oxidation sites excluding steroid dienone is 4. The molecule has 2 atom stereocenters. The van der Waals surface area contributed by atoms with Crippen LogP contribution < -0.4 is 10.6 Å². The minimum atomic E-state index is -0.362. The first-order valence-corrected chi connectivity index (χ1v) is 9.64. The lowest BCUT2D eigenvalue weighted by molar-refractivity contribution is -0.127. The largest absolute Gasteiger partial charge is 0.381 e. The molecular weight excluding hydrogens is 316 g/mol. The van der Waals surface area contributed by atoms with Crippen LogP contribution in [-0.4, -0.2) is 37.1 Å². The molecule has 0 aromatic carbocycles. The standard InChI is InChI=1S/C20H30N2O3/c23-18(13-16-5-1-2-6-16)21-15-20(9-11-25-12-10-20)22-19(24)14-17-7-3-4-8-17/h1,3,5,7,16-17H,2,4,6,8-15H2,(H,21,23)(H,22,24)/t16-,17-/m1/s1. The molecule has 138 valence electrons. The second-order valence-electron chi connectivity index (χ2n) is 7.66. The molecule has 5 nitrogen and oxygen atoms in total. The van der Waals surface area contributed by atoms with Gasteiger partial charge in [-0.3, -0.25) is 9.59 Å². The summed E-state index contributed by atoms with van der Waals surface area (Å²) in [5.74, 6) is 0.900. The zero-order valence-corrected chi connectivity index (χ0v) is 15.0. The van der Waals surface area contributed by atoms with Crippen molar-refractivity contribution in [2.24, 2.45) is 11.8 Å². The predicted molar refractivity (Wildman–Crippen MR) is 96.9 cm³/mol. The number of nitrogens with one attached hydrogen (secondary N) is 2. The number of rotatable bonds is 7. The van der Waals surface area contributed by atoms with Gasteiger partial charge >= 0.3 is 0 Å². The molecule has 1 fully saturated rings. The maximum Gasteiger partial charge on any atom is 0.221 e. The zero-order chi connectivity index (χ0) is 17.5. The quantitative estimate of drug-likeness (QED) is 0.696. The first-order chi connectivity index (χ1) is 12.2. The summed E-state index contributed by atoms with van der Waals surface area (Å²) in [7, 11) is 0. The summed E-state index contributed by atoms with van der Waals surface area (Å²) in [6.45, 7) is 1.76. The van der Waals surface area contributed by atoms with Crippen LogP contribution in [0.25, 0.3) is 0 Å². The van der Waals surface area contributed by atoms with Crippen molar-refractivity contribution in [2.45, 2.75) is 56.9 Å². The molecule has 2 amide bonds. The van der Waals surface area contributed by atoms with Gasteiger partial charge in [0.1, 0.15) is 0 Å². The van der Waals surface area contributed by atoms with Crippen LogP contribution in [0.3, 0.4) is 0 Å². The first kappa shape index (κ1) is 18.2. The minimum Gasteiger partial charge on any atom is -0.381 e. The van der Waals surface area contributed by atoms with E-state index in [9.17, 15) is 9.59 Å². The van der Waals surface area contributed by atoms with Crippen molar-refractivity contribution in [3.63, 3.8) is 0 Å². The Kier molecular flexibility index (Phi) is 6.29. The maximum atomic E-state index is 12.5. The number of amides is 2. The smallest absolute Gasteiger partial charge is 0.221 e. The van der Waals surface area contributed by atoms with Crippen LogP contribution in [-0.2, 0) is 14.3 Å². The van der Waals surface area contributed by atoms with Crippen LogP contribution in [0.1, 0.15) is 51.4 Å². The van der Waals surface area contributed by atoms with Gasteiger partial charge in [0.2, 0.25) is 11.8 Å². The van der Waals surface area contributed by atoms with E-state index >= 15 is 0 Å². The maximum absolute atomic E-state index is 12.5. The van der Waals surface area contributed by atoms with Crippen molar-refractivity contribution in [3.05, 3.63) is 24.3 Å². The van der Waals surface area contributed by atoms with E-state index in [1.54, 1.807) is 0 Å². The van der Waals surface area contributed by atoms with Crippen LogP contribution in [0.4, 0.5) is 0 Å². The molecule has 0 bridgehead atoms. The molecule has 0 radical (unpaired) electrons. The average Bonchev–Trinajstić information content (AvgIpc) is 3.28. The molecule has 1 saturated heterocycles. The van der Waals surface area contributed by atoms with E-state index in [1.165, 1.54) is 0 Å². The Balaban J connectivity index is 1.50. The number of carbonyl (C=O) groups is 2. The van der Waals surface area contributed by atoms with Gasteiger partial charge in [0, 0.05) is 32.6 Å². The lowest BCUT2D eigenvalue weighted by Crippen LogP contribution is -2.58. The fraction of sp³-hybridized carbons (Fsp3) is 0.700. The van der Waals surface area contributed by atoms with Gasteiger partial charge in [-0.1, -0.05) is 24.3 Å². The van der Waals surface area contributed by atoms with Crippen LogP contribution in [0, 0.1) is 11.8 Å². The normalized spacial score (nSPS) is 27.4. The lowest BCUT2D eigenvalue weighted by Gasteiger charge is -2.38. The molecule has 0 saturated carbocycles. The van der Waals surface area contributed by atoms with Crippen molar-refractivity contribution in [1.29, 1.82) is 0 Å². The molecule has 2 N–H and O–H groups in total. The molecule has 0 aromatic heterocycles. The molecule has 1 heterocycles. The van der Waals surface area contributed by atoms with Gasteiger partial charge in [0.25, 0.3) is 0 Å². The van der Waals surface area contributed by atoms with Crippen molar-refractivity contribution >= 4 is 11.8 Å². The molecule has 3 aliphatic rings. The highest BCUT2D eigenvalue weighted by Gasteiger charge is 2.35. The van der Waals surface area contributed by atoms with Crippen LogP contribution in [0.2, 0.25) is 0 Å². The van der Waals surface area contributed by atoms with Gasteiger partial charge in [-0.15, -0.1) is 0 Å². The van der Waals surface area contributed by atoms with Crippen LogP contribution >= 0.6 is 0 Å². The molecule has 0 spiro atoms. The van der Waals surface area contributed by atoms with E-state index in [4.69, 9.17) is 4.74 Å². The van der Waals surface area contributed by atoms with Crippen molar-refractivity contribution in [2.75, 3.05) is 19.8 Å². The average molecular weight is 346 g/mol. The zero-order valence-electron chi connectivity index (χ0n) is 15.0. The van der Waals surface area contributed by atoms with Gasteiger partial charge in [-0.05, 0) is 50.4 Å². The molecule has 25 heavy (non-hydrogen) atoms. The number of hydrogen-bond donors (Lipinski definition) is 2. The highest BCUT2D eigenvalue weighted by Crippen LogP contribution is 2.24. The molecule has 2 aliphatic carbocycles. The number of carbonyl (C=O) groups excluding carboxylic acids is 2. The first-order valence-electron chi connectivity index (χ1n) is 9.64. The monoisotopic (exact) mass is 346 g/mol. The summed E-state index contributed by atoms with van der Waals surface area (Å²) in [6.07, 6.45) is 15.5. The molecular formula is C20H30N2O3. The molecule has 0 unspecified atom stereocenters. The third kappa shape index (κ3) is 5.43. The van der Waals surface area contributed by atoms with E-state index in [0.29, 0.717) is 44.4 Å². The Morgan fingerprint density at radius 1 is 0.960 bits per heavy atom. The van der Waals surface area contributed by atoms with E-state index in [-0.39, 0.29) is 17.4 Å². The Labute approximate surface area is 150 Å². The molecule has 5 heteroatoms. The summed E-state index contributed by atoms with van der Waals surface area (Å²) in [4.78, 5) is 24.7. The Morgan fingerprint density at radius 2 is 1.56 bits per heavy atom. The summed E-state index contributed by atoms with van der Waals surface area (Å²) in [6, 6.07) is 0. The highest BCUT2D eigenvalue weighted by molar-refractivity contribution is 5.78. The summed E-state index contributed by atoms with van der Waals surface area (Å²) < 4.78 is 5.47. The van der Waals surface area contributed by atoms with Gasteiger partial charge in [-0.25, -0.2) is 0 Å². The molecule has 1 aliphatic heterocycles. The second kappa shape index (κ2) is 8.65. The van der Waals surface area contributed by atoms with Gasteiger partial charge in [0.15, 0.2) is 0 Å². The lowest BCUT2D eigenvalue weighted by atomic mass is 9.89. The fourth-order valence-electron chi connectivity index (χ4n) is 4.00. The van der Waals surface area contributed by atoms with E-state index in [0.717, 1.165) is 38.5 Å². The summed E-state index contributed by atoms with van der Waals surface area (Å²) >= 11 is 0. The Bertz CT molecular complexity index is 535. The minimum absolute atomic E-state index is 0.0791.